The Morgan fingerprint density at radius 1 is 1.17 bits per heavy atom. The maximum atomic E-state index is 12.0. The maximum absolute atomic E-state index is 12.0. The summed E-state index contributed by atoms with van der Waals surface area (Å²) in [7, 11) is 2.81. The average Bonchev–Trinajstić information content (AvgIpc) is 2.59. The number of benzene rings is 2. The van der Waals surface area contributed by atoms with Crippen LogP contribution < -0.4 is 4.74 Å². The molecule has 0 atom stereocenters. The Bertz CT molecular complexity index is 753. The molecule has 0 saturated carbocycles. The van der Waals surface area contributed by atoms with Crippen LogP contribution in [0.4, 0.5) is 0 Å². The minimum Gasteiger partial charge on any atom is -0.503 e. The van der Waals surface area contributed by atoms with Gasteiger partial charge in [0.1, 0.15) is 17.9 Å². The molecule has 126 valence electrons. The van der Waals surface area contributed by atoms with Gasteiger partial charge in [-0.1, -0.05) is 41.9 Å². The zero-order valence-electron chi connectivity index (χ0n) is 13.8. The van der Waals surface area contributed by atoms with E-state index in [2.05, 4.69) is 0 Å². The van der Waals surface area contributed by atoms with Crippen LogP contribution in [-0.2, 0) is 20.9 Å². The van der Waals surface area contributed by atoms with Crippen LogP contribution in [0, 0.1) is 6.92 Å². The number of aryl methyl sites for hydroxylation is 1. The molecule has 2 rings (SSSR count). The van der Waals surface area contributed by atoms with Gasteiger partial charge in [0.2, 0.25) is 0 Å². The molecule has 2 aromatic rings. The van der Waals surface area contributed by atoms with E-state index in [0.29, 0.717) is 21.9 Å². The molecule has 0 aliphatic heterocycles. The fourth-order valence-electron chi connectivity index (χ4n) is 2.24. The minimum atomic E-state index is -0.474. The van der Waals surface area contributed by atoms with Crippen molar-refractivity contribution in [1.82, 2.24) is 0 Å². The standard InChI is InChI=1S/C19H19ClO4/c1-13-8-9-18(17(20)10-13)24-11-14-6-4-5-7-15(14)16(12-22-2)19(21)23-3/h4-10,12H,11H2,1-3H3/b16-12+. The Labute approximate surface area is 146 Å². The van der Waals surface area contributed by atoms with Crippen LogP contribution in [0.1, 0.15) is 16.7 Å². The van der Waals surface area contributed by atoms with Gasteiger partial charge in [-0.2, -0.15) is 0 Å². The highest BCUT2D eigenvalue weighted by Crippen LogP contribution is 2.27. The number of carbonyl (C=O) groups excluding carboxylic acids is 1. The van der Waals surface area contributed by atoms with Crippen molar-refractivity contribution in [2.24, 2.45) is 0 Å². The van der Waals surface area contributed by atoms with Crippen molar-refractivity contribution in [3.63, 3.8) is 0 Å². The van der Waals surface area contributed by atoms with Crippen molar-refractivity contribution >= 4 is 23.1 Å². The predicted molar refractivity (Wildman–Crippen MR) is 94.0 cm³/mol. The van der Waals surface area contributed by atoms with Gasteiger partial charge in [-0.3, -0.25) is 0 Å². The van der Waals surface area contributed by atoms with Crippen LogP contribution in [0.2, 0.25) is 5.02 Å². The van der Waals surface area contributed by atoms with Crippen LogP contribution in [0.3, 0.4) is 0 Å². The highest BCUT2D eigenvalue weighted by molar-refractivity contribution is 6.32. The topological polar surface area (TPSA) is 44.8 Å². The summed E-state index contributed by atoms with van der Waals surface area (Å²) in [5.41, 5.74) is 2.90. The molecular weight excluding hydrogens is 328 g/mol. The lowest BCUT2D eigenvalue weighted by atomic mass is 10.0. The first-order valence-electron chi connectivity index (χ1n) is 7.35. The number of halogens is 1. The molecular formula is C19H19ClO4. The fraction of sp³-hybridized carbons (Fsp3) is 0.211. The summed E-state index contributed by atoms with van der Waals surface area (Å²) < 4.78 is 15.6. The Hall–Kier alpha value is -2.46. The molecule has 0 N–H and O–H groups in total. The first-order valence-corrected chi connectivity index (χ1v) is 7.73. The largest absolute Gasteiger partial charge is 0.503 e. The molecule has 2 aromatic carbocycles. The van der Waals surface area contributed by atoms with Gasteiger partial charge in [0, 0.05) is 0 Å². The zero-order valence-corrected chi connectivity index (χ0v) is 14.6. The Balaban J connectivity index is 2.28. The number of hydrogen-bond acceptors (Lipinski definition) is 4. The molecule has 24 heavy (non-hydrogen) atoms. The normalized spacial score (nSPS) is 11.1. The molecule has 0 amide bonds. The van der Waals surface area contributed by atoms with E-state index in [-0.39, 0.29) is 6.61 Å². The van der Waals surface area contributed by atoms with E-state index in [1.165, 1.54) is 20.5 Å². The maximum Gasteiger partial charge on any atom is 0.341 e. The molecule has 0 radical (unpaired) electrons. The van der Waals surface area contributed by atoms with Gasteiger partial charge in [-0.25, -0.2) is 4.79 Å². The van der Waals surface area contributed by atoms with Gasteiger partial charge < -0.3 is 14.2 Å². The van der Waals surface area contributed by atoms with Crippen LogP contribution in [0.5, 0.6) is 5.75 Å². The summed E-state index contributed by atoms with van der Waals surface area (Å²) >= 11 is 6.19. The molecule has 0 fully saturated rings. The summed E-state index contributed by atoms with van der Waals surface area (Å²) in [5, 5.41) is 0.549. The van der Waals surface area contributed by atoms with Gasteiger partial charge in [-0.15, -0.1) is 0 Å². The predicted octanol–water partition coefficient (Wildman–Crippen LogP) is 4.39. The molecule has 0 aliphatic carbocycles. The van der Waals surface area contributed by atoms with Crippen LogP contribution >= 0.6 is 11.6 Å². The highest BCUT2D eigenvalue weighted by atomic mass is 35.5. The van der Waals surface area contributed by atoms with Crippen molar-refractivity contribution < 1.29 is 19.0 Å². The molecule has 5 heteroatoms. The second-order valence-electron chi connectivity index (χ2n) is 5.14. The molecule has 4 nitrogen and oxygen atoms in total. The second kappa shape index (κ2) is 8.41. The molecule has 0 heterocycles. The lowest BCUT2D eigenvalue weighted by Crippen LogP contribution is -2.08. The van der Waals surface area contributed by atoms with E-state index >= 15 is 0 Å². The Kier molecular flexibility index (Phi) is 6.27. The number of carbonyl (C=O) groups is 1. The van der Waals surface area contributed by atoms with E-state index in [1.807, 2.05) is 49.4 Å². The van der Waals surface area contributed by atoms with Crippen molar-refractivity contribution in [2.45, 2.75) is 13.5 Å². The summed E-state index contributed by atoms with van der Waals surface area (Å²) in [6.07, 6.45) is 1.36. The smallest absolute Gasteiger partial charge is 0.341 e. The fourth-order valence-corrected chi connectivity index (χ4v) is 2.53. The Morgan fingerprint density at radius 2 is 1.92 bits per heavy atom. The monoisotopic (exact) mass is 346 g/mol. The first-order chi connectivity index (χ1) is 11.6. The van der Waals surface area contributed by atoms with E-state index in [0.717, 1.165) is 11.1 Å². The lowest BCUT2D eigenvalue weighted by Gasteiger charge is -2.13. The molecule has 0 bridgehead atoms. The van der Waals surface area contributed by atoms with Gasteiger partial charge in [-0.05, 0) is 35.7 Å². The number of ether oxygens (including phenoxy) is 3. The third-order valence-electron chi connectivity index (χ3n) is 3.42. The van der Waals surface area contributed by atoms with E-state index < -0.39 is 5.97 Å². The van der Waals surface area contributed by atoms with E-state index in [4.69, 9.17) is 25.8 Å². The van der Waals surface area contributed by atoms with Crippen LogP contribution in [0.15, 0.2) is 48.7 Å². The summed E-state index contributed by atoms with van der Waals surface area (Å²) in [6.45, 7) is 2.22. The van der Waals surface area contributed by atoms with Gasteiger partial charge in [0.15, 0.2) is 0 Å². The molecule has 0 aromatic heterocycles. The molecule has 0 saturated heterocycles. The van der Waals surface area contributed by atoms with Gasteiger partial charge >= 0.3 is 5.97 Å². The van der Waals surface area contributed by atoms with Crippen molar-refractivity contribution in [2.75, 3.05) is 14.2 Å². The summed E-state index contributed by atoms with van der Waals surface area (Å²) in [5.74, 6) is 0.116. The van der Waals surface area contributed by atoms with E-state index in [1.54, 1.807) is 0 Å². The number of hydrogen-bond donors (Lipinski definition) is 0. The average molecular weight is 347 g/mol. The Morgan fingerprint density at radius 3 is 2.58 bits per heavy atom. The SMILES string of the molecule is CO/C=C(/C(=O)OC)c1ccccc1COc1ccc(C)cc1Cl. The second-order valence-corrected chi connectivity index (χ2v) is 5.55. The first kappa shape index (κ1) is 17.9. The molecule has 0 spiro atoms. The van der Waals surface area contributed by atoms with Crippen molar-refractivity contribution in [3.05, 3.63) is 70.4 Å². The number of esters is 1. The number of rotatable bonds is 6. The third kappa shape index (κ3) is 4.30. The summed E-state index contributed by atoms with van der Waals surface area (Å²) in [6, 6.07) is 13.0. The highest BCUT2D eigenvalue weighted by Gasteiger charge is 2.17. The van der Waals surface area contributed by atoms with Gasteiger partial charge in [0.05, 0.1) is 25.5 Å². The zero-order chi connectivity index (χ0) is 17.5. The van der Waals surface area contributed by atoms with Gasteiger partial charge in [0.25, 0.3) is 0 Å². The third-order valence-corrected chi connectivity index (χ3v) is 3.71. The van der Waals surface area contributed by atoms with Crippen molar-refractivity contribution in [3.8, 4) is 5.75 Å². The van der Waals surface area contributed by atoms with Crippen molar-refractivity contribution in [1.29, 1.82) is 0 Å². The molecule has 0 aliphatic rings. The quantitative estimate of drug-likeness (QED) is 0.442. The number of methoxy groups -OCH3 is 2. The minimum absolute atomic E-state index is 0.261. The van der Waals surface area contributed by atoms with Crippen LogP contribution in [0.25, 0.3) is 5.57 Å². The summed E-state index contributed by atoms with van der Waals surface area (Å²) in [4.78, 5) is 12.0. The lowest BCUT2D eigenvalue weighted by molar-refractivity contribution is -0.133. The molecule has 0 unspecified atom stereocenters. The van der Waals surface area contributed by atoms with E-state index in [9.17, 15) is 4.79 Å². The van der Waals surface area contributed by atoms with Crippen LogP contribution in [-0.4, -0.2) is 20.2 Å².